The summed E-state index contributed by atoms with van der Waals surface area (Å²) >= 11 is 3.11. The van der Waals surface area contributed by atoms with Gasteiger partial charge in [0.15, 0.2) is 11.3 Å². The van der Waals surface area contributed by atoms with Crippen LogP contribution < -0.4 is 0 Å². The van der Waals surface area contributed by atoms with Crippen LogP contribution in [0.2, 0.25) is 0 Å². The fourth-order valence-corrected chi connectivity index (χ4v) is 2.77. The maximum atomic E-state index is 12.1. The van der Waals surface area contributed by atoms with Gasteiger partial charge in [-0.3, -0.25) is 4.79 Å². The molecule has 2 rings (SSSR count). The summed E-state index contributed by atoms with van der Waals surface area (Å²) in [6.45, 7) is 2.59. The molecule has 0 radical (unpaired) electrons. The second-order valence-electron chi connectivity index (χ2n) is 4.82. The number of hydrogen-bond acceptors (Lipinski definition) is 4. The smallest absolute Gasteiger partial charge is 0.374 e. The second-order valence-corrected chi connectivity index (χ2v) is 5.61. The van der Waals surface area contributed by atoms with Gasteiger partial charge in [0.1, 0.15) is 0 Å². The van der Waals surface area contributed by atoms with E-state index in [-0.39, 0.29) is 24.3 Å². The lowest BCUT2D eigenvalue weighted by Crippen LogP contribution is -2.45. The SMILES string of the molecule is CCC1CCCCN1C(=O)COC(=O)c1ccc(Br)o1. The van der Waals surface area contributed by atoms with Gasteiger partial charge < -0.3 is 14.1 Å². The molecule has 2 heterocycles. The van der Waals surface area contributed by atoms with Crippen molar-refractivity contribution in [3.05, 3.63) is 22.6 Å². The highest BCUT2D eigenvalue weighted by Crippen LogP contribution is 2.20. The van der Waals surface area contributed by atoms with E-state index < -0.39 is 5.97 Å². The van der Waals surface area contributed by atoms with Crippen molar-refractivity contribution in [3.8, 4) is 0 Å². The number of piperidine rings is 1. The van der Waals surface area contributed by atoms with Crippen LogP contribution in [-0.2, 0) is 9.53 Å². The molecule has 1 aromatic heterocycles. The first kappa shape index (κ1) is 15.1. The van der Waals surface area contributed by atoms with Crippen molar-refractivity contribution in [1.82, 2.24) is 4.90 Å². The summed E-state index contributed by atoms with van der Waals surface area (Å²) in [5, 5.41) is 0. The summed E-state index contributed by atoms with van der Waals surface area (Å²) in [5.74, 6) is -0.653. The first-order chi connectivity index (χ1) is 9.61. The minimum atomic E-state index is -0.617. The van der Waals surface area contributed by atoms with E-state index in [2.05, 4.69) is 22.9 Å². The van der Waals surface area contributed by atoms with E-state index in [0.717, 1.165) is 32.2 Å². The molecule has 20 heavy (non-hydrogen) atoms. The molecule has 0 aromatic carbocycles. The van der Waals surface area contributed by atoms with Crippen LogP contribution in [-0.4, -0.2) is 36.0 Å². The first-order valence-electron chi connectivity index (χ1n) is 6.83. The summed E-state index contributed by atoms with van der Waals surface area (Å²) in [6.07, 6.45) is 4.13. The predicted molar refractivity (Wildman–Crippen MR) is 76.3 cm³/mol. The van der Waals surface area contributed by atoms with Gasteiger partial charge in [-0.1, -0.05) is 6.92 Å². The molecule has 1 aromatic rings. The standard InChI is InChI=1S/C14H18BrNO4/c1-2-10-5-3-4-8-16(10)13(17)9-19-14(18)11-6-7-12(15)20-11/h6-7,10H,2-5,8-9H2,1H3. The van der Waals surface area contributed by atoms with Gasteiger partial charge in [-0.05, 0) is 53.7 Å². The molecule has 0 bridgehead atoms. The number of amides is 1. The number of likely N-dealkylation sites (tertiary alicyclic amines) is 1. The first-order valence-corrected chi connectivity index (χ1v) is 7.63. The van der Waals surface area contributed by atoms with Crippen molar-refractivity contribution in [2.45, 2.75) is 38.6 Å². The molecule has 1 aliphatic heterocycles. The van der Waals surface area contributed by atoms with Gasteiger partial charge in [-0.25, -0.2) is 4.79 Å². The van der Waals surface area contributed by atoms with E-state index in [4.69, 9.17) is 9.15 Å². The van der Waals surface area contributed by atoms with Crippen molar-refractivity contribution >= 4 is 27.8 Å². The highest BCUT2D eigenvalue weighted by atomic mass is 79.9. The number of carbonyl (C=O) groups excluding carboxylic acids is 2. The third kappa shape index (κ3) is 3.62. The van der Waals surface area contributed by atoms with Crippen molar-refractivity contribution in [2.75, 3.05) is 13.2 Å². The van der Waals surface area contributed by atoms with E-state index >= 15 is 0 Å². The van der Waals surface area contributed by atoms with Crippen molar-refractivity contribution < 1.29 is 18.7 Å². The van der Waals surface area contributed by atoms with Crippen LogP contribution in [0, 0.1) is 0 Å². The van der Waals surface area contributed by atoms with Gasteiger partial charge in [0, 0.05) is 12.6 Å². The number of nitrogens with zero attached hydrogens (tertiary/aromatic N) is 1. The van der Waals surface area contributed by atoms with Gasteiger partial charge in [0.2, 0.25) is 5.76 Å². The average Bonchev–Trinajstić information content (AvgIpc) is 2.91. The minimum Gasteiger partial charge on any atom is -0.450 e. The number of hydrogen-bond donors (Lipinski definition) is 0. The molecule has 1 atom stereocenters. The molecule has 0 saturated carbocycles. The van der Waals surface area contributed by atoms with Gasteiger partial charge in [-0.15, -0.1) is 0 Å². The molecule has 0 spiro atoms. The molecule has 6 heteroatoms. The van der Waals surface area contributed by atoms with E-state index in [1.165, 1.54) is 6.07 Å². The normalized spacial score (nSPS) is 18.9. The van der Waals surface area contributed by atoms with Crippen molar-refractivity contribution in [2.24, 2.45) is 0 Å². The lowest BCUT2D eigenvalue weighted by Gasteiger charge is -2.35. The van der Waals surface area contributed by atoms with Crippen LogP contribution in [0.25, 0.3) is 0 Å². The Bertz CT molecular complexity index is 485. The van der Waals surface area contributed by atoms with E-state index in [1.54, 1.807) is 6.07 Å². The van der Waals surface area contributed by atoms with E-state index in [1.807, 2.05) is 4.90 Å². The Hall–Kier alpha value is -1.30. The summed E-state index contributed by atoms with van der Waals surface area (Å²) in [7, 11) is 0. The number of halogens is 1. The van der Waals surface area contributed by atoms with E-state index in [0.29, 0.717) is 4.67 Å². The molecule has 1 aliphatic rings. The minimum absolute atomic E-state index is 0.0929. The van der Waals surface area contributed by atoms with Gasteiger partial charge in [0.05, 0.1) is 0 Å². The quantitative estimate of drug-likeness (QED) is 0.788. The largest absolute Gasteiger partial charge is 0.450 e. The molecule has 1 amide bonds. The summed E-state index contributed by atoms with van der Waals surface area (Å²) in [6, 6.07) is 3.38. The zero-order valence-corrected chi connectivity index (χ0v) is 13.0. The fourth-order valence-electron chi connectivity index (χ4n) is 2.46. The maximum absolute atomic E-state index is 12.1. The monoisotopic (exact) mass is 343 g/mol. The number of esters is 1. The molecule has 1 fully saturated rings. The highest BCUT2D eigenvalue weighted by Gasteiger charge is 2.26. The molecular formula is C14H18BrNO4. The van der Waals surface area contributed by atoms with E-state index in [9.17, 15) is 9.59 Å². The molecular weight excluding hydrogens is 326 g/mol. The molecule has 1 saturated heterocycles. The van der Waals surface area contributed by atoms with Gasteiger partial charge in [-0.2, -0.15) is 0 Å². The fraction of sp³-hybridized carbons (Fsp3) is 0.571. The Morgan fingerprint density at radius 1 is 1.45 bits per heavy atom. The zero-order chi connectivity index (χ0) is 14.5. The summed E-state index contributed by atoms with van der Waals surface area (Å²) in [5.41, 5.74) is 0. The lowest BCUT2D eigenvalue weighted by atomic mass is 10.00. The van der Waals surface area contributed by atoms with Gasteiger partial charge >= 0.3 is 5.97 Å². The third-order valence-electron chi connectivity index (χ3n) is 3.52. The average molecular weight is 344 g/mol. The van der Waals surface area contributed by atoms with Crippen LogP contribution in [0.5, 0.6) is 0 Å². The Morgan fingerprint density at radius 2 is 2.25 bits per heavy atom. The Balaban J connectivity index is 1.86. The van der Waals surface area contributed by atoms with Crippen molar-refractivity contribution in [1.29, 1.82) is 0 Å². The summed E-state index contributed by atoms with van der Waals surface area (Å²) in [4.78, 5) is 25.6. The number of carbonyl (C=O) groups is 2. The van der Waals surface area contributed by atoms with Crippen LogP contribution in [0.15, 0.2) is 21.2 Å². The number of rotatable bonds is 4. The Labute approximate surface area is 126 Å². The molecule has 1 unspecified atom stereocenters. The molecule has 0 N–H and O–H groups in total. The highest BCUT2D eigenvalue weighted by molar-refractivity contribution is 9.10. The molecule has 0 aliphatic carbocycles. The van der Waals surface area contributed by atoms with Crippen molar-refractivity contribution in [3.63, 3.8) is 0 Å². The van der Waals surface area contributed by atoms with Crippen LogP contribution >= 0.6 is 15.9 Å². The second kappa shape index (κ2) is 6.92. The maximum Gasteiger partial charge on any atom is 0.374 e. The van der Waals surface area contributed by atoms with Crippen LogP contribution in [0.1, 0.15) is 43.2 Å². The summed E-state index contributed by atoms with van der Waals surface area (Å²) < 4.78 is 10.5. The molecule has 110 valence electrons. The number of ether oxygens (including phenoxy) is 1. The lowest BCUT2D eigenvalue weighted by molar-refractivity contribution is -0.138. The van der Waals surface area contributed by atoms with Crippen LogP contribution in [0.4, 0.5) is 0 Å². The van der Waals surface area contributed by atoms with Gasteiger partial charge in [0.25, 0.3) is 5.91 Å². The zero-order valence-electron chi connectivity index (χ0n) is 11.4. The molecule has 5 nitrogen and oxygen atoms in total. The Morgan fingerprint density at radius 3 is 2.90 bits per heavy atom. The number of furan rings is 1. The predicted octanol–water partition coefficient (Wildman–Crippen LogP) is 2.99. The topological polar surface area (TPSA) is 59.8 Å². The Kier molecular flexibility index (Phi) is 5.23. The van der Waals surface area contributed by atoms with Crippen LogP contribution in [0.3, 0.4) is 0 Å². The third-order valence-corrected chi connectivity index (χ3v) is 3.95.